The van der Waals surface area contributed by atoms with Gasteiger partial charge in [0.2, 0.25) is 5.91 Å². The molecule has 3 nitrogen and oxygen atoms in total. The molecule has 98 valence electrons. The van der Waals surface area contributed by atoms with Crippen molar-refractivity contribution in [1.29, 1.82) is 0 Å². The van der Waals surface area contributed by atoms with Gasteiger partial charge in [0, 0.05) is 17.6 Å². The molecule has 0 bridgehead atoms. The Morgan fingerprint density at radius 2 is 1.94 bits per heavy atom. The van der Waals surface area contributed by atoms with Gasteiger partial charge in [-0.3, -0.25) is 4.79 Å². The Hall–Kier alpha value is -1.06. The van der Waals surface area contributed by atoms with Crippen molar-refractivity contribution in [3.05, 3.63) is 34.9 Å². The van der Waals surface area contributed by atoms with Gasteiger partial charge < -0.3 is 10.6 Å². The highest BCUT2D eigenvalue weighted by molar-refractivity contribution is 6.30. The molecule has 1 fully saturated rings. The third kappa shape index (κ3) is 3.24. The molecule has 0 heterocycles. The molecule has 1 aliphatic rings. The maximum Gasteiger partial charge on any atom is 0.242 e. The summed E-state index contributed by atoms with van der Waals surface area (Å²) in [7, 11) is 0. The Morgan fingerprint density at radius 3 is 2.39 bits per heavy atom. The minimum absolute atomic E-state index is 0.0138. The van der Waals surface area contributed by atoms with Gasteiger partial charge in [0.25, 0.3) is 0 Å². The zero-order valence-electron chi connectivity index (χ0n) is 10.8. The summed E-state index contributed by atoms with van der Waals surface area (Å²) in [6.07, 6.45) is 2.16. The number of carbonyl (C=O) groups is 1. The van der Waals surface area contributed by atoms with Crippen LogP contribution in [0.5, 0.6) is 0 Å². The first-order chi connectivity index (χ1) is 8.38. The first kappa shape index (κ1) is 13.4. The summed E-state index contributed by atoms with van der Waals surface area (Å²) < 4.78 is 0. The fraction of sp³-hybridized carbons (Fsp3) is 0.500. The van der Waals surface area contributed by atoms with Crippen LogP contribution in [0.1, 0.15) is 32.3 Å². The maximum atomic E-state index is 12.3. The van der Waals surface area contributed by atoms with Crippen LogP contribution in [0, 0.1) is 0 Å². The molecular formula is C14H19ClN2O. The van der Waals surface area contributed by atoms with Crippen molar-refractivity contribution >= 4 is 17.5 Å². The van der Waals surface area contributed by atoms with Gasteiger partial charge in [-0.15, -0.1) is 0 Å². The number of hydrogen-bond acceptors (Lipinski definition) is 2. The van der Waals surface area contributed by atoms with Crippen LogP contribution >= 0.6 is 11.6 Å². The Labute approximate surface area is 113 Å². The predicted octanol–water partition coefficient (Wildman–Crippen LogP) is 2.57. The normalized spacial score (nSPS) is 15.6. The average Bonchev–Trinajstić information content (AvgIpc) is 3.10. The van der Waals surface area contributed by atoms with Gasteiger partial charge >= 0.3 is 0 Å². The van der Waals surface area contributed by atoms with E-state index in [1.54, 1.807) is 13.8 Å². The third-order valence-corrected chi connectivity index (χ3v) is 3.32. The van der Waals surface area contributed by atoms with Gasteiger partial charge in [-0.1, -0.05) is 23.7 Å². The smallest absolute Gasteiger partial charge is 0.242 e. The van der Waals surface area contributed by atoms with Crippen molar-refractivity contribution in [3.8, 4) is 0 Å². The van der Waals surface area contributed by atoms with Crippen LogP contribution in [0.3, 0.4) is 0 Å². The predicted molar refractivity (Wildman–Crippen MR) is 73.3 cm³/mol. The van der Waals surface area contributed by atoms with Crippen molar-refractivity contribution in [2.45, 2.75) is 44.8 Å². The van der Waals surface area contributed by atoms with Gasteiger partial charge in [-0.25, -0.2) is 0 Å². The molecule has 0 spiro atoms. The molecule has 4 heteroatoms. The standard InChI is InChI=1S/C14H19ClN2O/c1-14(2,16)13(18)17(12-7-8-12)9-10-3-5-11(15)6-4-10/h3-6,12H,7-9,16H2,1-2H3. The lowest BCUT2D eigenvalue weighted by Gasteiger charge is -2.29. The number of amides is 1. The zero-order chi connectivity index (χ0) is 13.3. The van der Waals surface area contributed by atoms with E-state index in [9.17, 15) is 4.79 Å². The van der Waals surface area contributed by atoms with Crippen LogP contribution < -0.4 is 5.73 Å². The highest BCUT2D eigenvalue weighted by Gasteiger charge is 2.37. The van der Waals surface area contributed by atoms with E-state index < -0.39 is 5.54 Å². The lowest BCUT2D eigenvalue weighted by Crippen LogP contribution is -2.51. The molecule has 1 amide bonds. The SMILES string of the molecule is CC(C)(N)C(=O)N(Cc1ccc(Cl)cc1)C1CC1. The van der Waals surface area contributed by atoms with E-state index in [2.05, 4.69) is 0 Å². The monoisotopic (exact) mass is 266 g/mol. The van der Waals surface area contributed by atoms with Crippen molar-refractivity contribution < 1.29 is 4.79 Å². The summed E-state index contributed by atoms with van der Waals surface area (Å²) in [5.74, 6) is 0.0138. The molecule has 2 rings (SSSR count). The molecule has 0 unspecified atom stereocenters. The van der Waals surface area contributed by atoms with Crippen LogP contribution in [-0.4, -0.2) is 22.4 Å². The molecular weight excluding hydrogens is 248 g/mol. The second-order valence-electron chi connectivity index (χ2n) is 5.51. The molecule has 0 saturated heterocycles. The molecule has 1 aromatic rings. The van der Waals surface area contributed by atoms with Crippen LogP contribution in [0.2, 0.25) is 5.02 Å². The fourth-order valence-electron chi connectivity index (χ4n) is 1.91. The molecule has 2 N–H and O–H groups in total. The minimum atomic E-state index is -0.811. The lowest BCUT2D eigenvalue weighted by molar-refractivity contribution is -0.137. The maximum absolute atomic E-state index is 12.3. The summed E-state index contributed by atoms with van der Waals surface area (Å²) >= 11 is 5.86. The molecule has 0 atom stereocenters. The number of carbonyl (C=O) groups excluding carboxylic acids is 1. The fourth-order valence-corrected chi connectivity index (χ4v) is 2.04. The lowest BCUT2D eigenvalue weighted by atomic mass is 10.0. The molecule has 1 saturated carbocycles. The number of benzene rings is 1. The highest BCUT2D eigenvalue weighted by atomic mass is 35.5. The van der Waals surface area contributed by atoms with E-state index in [1.165, 1.54) is 0 Å². The number of halogens is 1. The van der Waals surface area contributed by atoms with E-state index in [4.69, 9.17) is 17.3 Å². The number of hydrogen-bond donors (Lipinski definition) is 1. The average molecular weight is 267 g/mol. The van der Waals surface area contributed by atoms with Gasteiger partial charge in [-0.2, -0.15) is 0 Å². The summed E-state index contributed by atoms with van der Waals surface area (Å²) in [6.45, 7) is 4.13. The van der Waals surface area contributed by atoms with Crippen LogP contribution in [-0.2, 0) is 11.3 Å². The topological polar surface area (TPSA) is 46.3 Å². The highest BCUT2D eigenvalue weighted by Crippen LogP contribution is 2.30. The first-order valence-corrected chi connectivity index (χ1v) is 6.60. The summed E-state index contributed by atoms with van der Waals surface area (Å²) in [5, 5.41) is 0.710. The number of rotatable bonds is 4. The Kier molecular flexibility index (Phi) is 3.64. The van der Waals surface area contributed by atoms with Gasteiger partial charge in [0.1, 0.15) is 0 Å². The van der Waals surface area contributed by atoms with E-state index in [0.717, 1.165) is 18.4 Å². The second kappa shape index (κ2) is 4.90. The van der Waals surface area contributed by atoms with Gasteiger partial charge in [0.15, 0.2) is 0 Å². The molecule has 1 aliphatic carbocycles. The van der Waals surface area contributed by atoms with Crippen LogP contribution in [0.4, 0.5) is 0 Å². The Bertz CT molecular complexity index is 432. The van der Waals surface area contributed by atoms with Crippen molar-refractivity contribution in [3.63, 3.8) is 0 Å². The largest absolute Gasteiger partial charge is 0.334 e. The van der Waals surface area contributed by atoms with Crippen molar-refractivity contribution in [2.24, 2.45) is 5.73 Å². The second-order valence-corrected chi connectivity index (χ2v) is 5.95. The van der Waals surface area contributed by atoms with E-state index in [1.807, 2.05) is 29.2 Å². The van der Waals surface area contributed by atoms with E-state index in [0.29, 0.717) is 17.6 Å². The Balaban J connectivity index is 2.12. The quantitative estimate of drug-likeness (QED) is 0.910. The third-order valence-electron chi connectivity index (χ3n) is 3.07. The van der Waals surface area contributed by atoms with E-state index in [-0.39, 0.29) is 5.91 Å². The first-order valence-electron chi connectivity index (χ1n) is 6.22. The van der Waals surface area contributed by atoms with Gasteiger partial charge in [0.05, 0.1) is 5.54 Å². The molecule has 0 aromatic heterocycles. The van der Waals surface area contributed by atoms with Crippen LogP contribution in [0.15, 0.2) is 24.3 Å². The summed E-state index contributed by atoms with van der Waals surface area (Å²) in [5.41, 5.74) is 6.19. The number of nitrogens with two attached hydrogens (primary N) is 1. The van der Waals surface area contributed by atoms with Crippen molar-refractivity contribution in [1.82, 2.24) is 4.90 Å². The van der Waals surface area contributed by atoms with E-state index >= 15 is 0 Å². The van der Waals surface area contributed by atoms with Crippen molar-refractivity contribution in [2.75, 3.05) is 0 Å². The molecule has 0 radical (unpaired) electrons. The van der Waals surface area contributed by atoms with Crippen LogP contribution in [0.25, 0.3) is 0 Å². The molecule has 1 aromatic carbocycles. The zero-order valence-corrected chi connectivity index (χ0v) is 11.6. The summed E-state index contributed by atoms with van der Waals surface area (Å²) in [6, 6.07) is 7.96. The molecule has 18 heavy (non-hydrogen) atoms. The Morgan fingerprint density at radius 1 is 1.39 bits per heavy atom. The summed E-state index contributed by atoms with van der Waals surface area (Å²) in [4.78, 5) is 14.2. The van der Waals surface area contributed by atoms with Gasteiger partial charge in [-0.05, 0) is 44.4 Å². The molecule has 0 aliphatic heterocycles. The number of nitrogens with zero attached hydrogens (tertiary/aromatic N) is 1. The minimum Gasteiger partial charge on any atom is -0.334 e.